The molecule has 3 rings (SSSR count). The monoisotopic (exact) mass is 284 g/mol. The van der Waals surface area contributed by atoms with E-state index < -0.39 is 0 Å². The van der Waals surface area contributed by atoms with Crippen LogP contribution in [0.2, 0.25) is 5.02 Å². The lowest BCUT2D eigenvalue weighted by Crippen LogP contribution is -2.03. The molecule has 1 aromatic carbocycles. The van der Waals surface area contributed by atoms with E-state index in [0.29, 0.717) is 5.95 Å². The number of aryl methyl sites for hydroxylation is 2. The van der Waals surface area contributed by atoms with Gasteiger partial charge in [-0.15, -0.1) is 0 Å². The van der Waals surface area contributed by atoms with Crippen molar-refractivity contribution in [2.75, 3.05) is 0 Å². The number of hydrogen-bond donors (Lipinski definition) is 0. The van der Waals surface area contributed by atoms with E-state index in [-0.39, 0.29) is 0 Å². The summed E-state index contributed by atoms with van der Waals surface area (Å²) in [5.74, 6) is 0.586. The topological polar surface area (TPSA) is 43.6 Å². The molecule has 0 aliphatic carbocycles. The van der Waals surface area contributed by atoms with Crippen molar-refractivity contribution in [2.45, 2.75) is 13.8 Å². The summed E-state index contributed by atoms with van der Waals surface area (Å²) in [5, 5.41) is 5.05. The van der Waals surface area contributed by atoms with E-state index in [1.165, 1.54) is 0 Å². The first-order valence-electron chi connectivity index (χ1n) is 6.25. The van der Waals surface area contributed by atoms with Gasteiger partial charge in [-0.05, 0) is 37.6 Å². The normalized spacial score (nSPS) is 10.8. The number of nitrogens with zero attached hydrogens (tertiary/aromatic N) is 4. The van der Waals surface area contributed by atoms with E-state index in [1.54, 1.807) is 10.9 Å². The third-order valence-corrected chi connectivity index (χ3v) is 3.19. The fourth-order valence-electron chi connectivity index (χ4n) is 2.03. The predicted molar refractivity (Wildman–Crippen MR) is 79.1 cm³/mol. The van der Waals surface area contributed by atoms with Crippen molar-refractivity contribution in [2.24, 2.45) is 0 Å². The van der Waals surface area contributed by atoms with Crippen molar-refractivity contribution in [3.8, 4) is 17.1 Å². The fraction of sp³-hybridized carbons (Fsp3) is 0.133. The van der Waals surface area contributed by atoms with Gasteiger partial charge in [0, 0.05) is 28.2 Å². The van der Waals surface area contributed by atoms with E-state index in [9.17, 15) is 0 Å². The molecule has 0 aliphatic rings. The standard InChI is InChI=1S/C15H13ClN4/c1-10-7-11(2)19-15(18-10)20-9-13(8-17-20)12-3-5-14(16)6-4-12/h3-9H,1-2H3. The Bertz CT molecular complexity index is 727. The minimum atomic E-state index is 0.586. The number of halogens is 1. The highest BCUT2D eigenvalue weighted by molar-refractivity contribution is 6.30. The van der Waals surface area contributed by atoms with Gasteiger partial charge in [-0.1, -0.05) is 23.7 Å². The molecule has 0 aliphatic heterocycles. The molecule has 0 atom stereocenters. The maximum Gasteiger partial charge on any atom is 0.250 e. The van der Waals surface area contributed by atoms with Crippen LogP contribution in [-0.2, 0) is 0 Å². The Labute approximate surface area is 122 Å². The zero-order valence-electron chi connectivity index (χ0n) is 11.2. The Hall–Kier alpha value is -2.20. The summed E-state index contributed by atoms with van der Waals surface area (Å²) >= 11 is 5.89. The molecule has 4 nitrogen and oxygen atoms in total. The van der Waals surface area contributed by atoms with Gasteiger partial charge in [-0.3, -0.25) is 0 Å². The van der Waals surface area contributed by atoms with Crippen molar-refractivity contribution in [3.05, 3.63) is 59.1 Å². The van der Waals surface area contributed by atoms with Crippen molar-refractivity contribution in [1.82, 2.24) is 19.7 Å². The first-order valence-corrected chi connectivity index (χ1v) is 6.63. The lowest BCUT2D eigenvalue weighted by atomic mass is 10.1. The Morgan fingerprint density at radius 1 is 0.950 bits per heavy atom. The average Bonchev–Trinajstić information content (AvgIpc) is 2.88. The fourth-order valence-corrected chi connectivity index (χ4v) is 2.16. The third kappa shape index (κ3) is 2.56. The van der Waals surface area contributed by atoms with Crippen LogP contribution in [0.5, 0.6) is 0 Å². The summed E-state index contributed by atoms with van der Waals surface area (Å²) in [4.78, 5) is 8.79. The van der Waals surface area contributed by atoms with Crippen LogP contribution in [0.25, 0.3) is 17.1 Å². The largest absolute Gasteiger partial charge is 0.250 e. The summed E-state index contributed by atoms with van der Waals surface area (Å²) < 4.78 is 1.68. The summed E-state index contributed by atoms with van der Waals surface area (Å²) in [6, 6.07) is 9.59. The molecule has 0 fully saturated rings. The van der Waals surface area contributed by atoms with Crippen molar-refractivity contribution < 1.29 is 0 Å². The van der Waals surface area contributed by atoms with Crippen LogP contribution in [0.3, 0.4) is 0 Å². The van der Waals surface area contributed by atoms with E-state index in [2.05, 4.69) is 15.1 Å². The maximum atomic E-state index is 5.89. The minimum absolute atomic E-state index is 0.586. The molecular formula is C15H13ClN4. The third-order valence-electron chi connectivity index (χ3n) is 2.94. The molecule has 0 spiro atoms. The summed E-state index contributed by atoms with van der Waals surface area (Å²) in [5.41, 5.74) is 3.92. The van der Waals surface area contributed by atoms with Crippen LogP contribution in [0.4, 0.5) is 0 Å². The van der Waals surface area contributed by atoms with Gasteiger partial charge in [0.25, 0.3) is 5.95 Å². The molecular weight excluding hydrogens is 272 g/mol. The lowest BCUT2D eigenvalue weighted by Gasteiger charge is -2.02. The number of aromatic nitrogens is 4. The summed E-state index contributed by atoms with van der Waals surface area (Å²) in [7, 11) is 0. The smallest absolute Gasteiger partial charge is 0.216 e. The molecule has 100 valence electrons. The second-order valence-corrected chi connectivity index (χ2v) is 5.07. The summed E-state index contributed by atoms with van der Waals surface area (Å²) in [6.07, 6.45) is 3.71. The van der Waals surface area contributed by atoms with Crippen LogP contribution >= 0.6 is 11.6 Å². The molecule has 3 aromatic rings. The second-order valence-electron chi connectivity index (χ2n) is 4.63. The number of rotatable bonds is 2. The van der Waals surface area contributed by atoms with Gasteiger partial charge >= 0.3 is 0 Å². The van der Waals surface area contributed by atoms with Crippen LogP contribution in [-0.4, -0.2) is 19.7 Å². The molecule has 0 radical (unpaired) electrons. The molecule has 2 heterocycles. The van der Waals surface area contributed by atoms with Gasteiger partial charge in [0.1, 0.15) is 0 Å². The Morgan fingerprint density at radius 2 is 1.60 bits per heavy atom. The number of benzene rings is 1. The highest BCUT2D eigenvalue weighted by atomic mass is 35.5. The molecule has 0 amide bonds. The predicted octanol–water partition coefficient (Wildman–Crippen LogP) is 3.60. The van der Waals surface area contributed by atoms with Crippen molar-refractivity contribution >= 4 is 11.6 Å². The molecule has 0 saturated carbocycles. The molecule has 5 heteroatoms. The van der Waals surface area contributed by atoms with Crippen LogP contribution in [0.15, 0.2) is 42.7 Å². The molecule has 0 bridgehead atoms. The molecule has 20 heavy (non-hydrogen) atoms. The average molecular weight is 285 g/mol. The molecule has 2 aromatic heterocycles. The Kier molecular flexibility index (Phi) is 3.24. The van der Waals surface area contributed by atoms with Crippen LogP contribution in [0, 0.1) is 13.8 Å². The number of hydrogen-bond acceptors (Lipinski definition) is 3. The SMILES string of the molecule is Cc1cc(C)nc(-n2cc(-c3ccc(Cl)cc3)cn2)n1. The van der Waals surface area contributed by atoms with E-state index in [4.69, 9.17) is 11.6 Å². The van der Waals surface area contributed by atoms with Gasteiger partial charge < -0.3 is 0 Å². The van der Waals surface area contributed by atoms with Gasteiger partial charge in [0.05, 0.1) is 6.20 Å². The van der Waals surface area contributed by atoms with Gasteiger partial charge in [-0.25, -0.2) is 14.6 Å². The maximum absolute atomic E-state index is 5.89. The lowest BCUT2D eigenvalue weighted by molar-refractivity contribution is 0.794. The van der Waals surface area contributed by atoms with Crippen molar-refractivity contribution in [1.29, 1.82) is 0 Å². The minimum Gasteiger partial charge on any atom is -0.216 e. The highest BCUT2D eigenvalue weighted by Crippen LogP contribution is 2.21. The molecule has 0 saturated heterocycles. The highest BCUT2D eigenvalue weighted by Gasteiger charge is 2.06. The zero-order chi connectivity index (χ0) is 14.1. The van der Waals surface area contributed by atoms with Gasteiger partial charge in [0.2, 0.25) is 0 Å². The first-order chi connectivity index (χ1) is 9.61. The van der Waals surface area contributed by atoms with Gasteiger partial charge in [0.15, 0.2) is 0 Å². The van der Waals surface area contributed by atoms with Crippen LogP contribution in [0.1, 0.15) is 11.4 Å². The molecule has 0 unspecified atom stereocenters. The molecule has 0 N–H and O–H groups in total. The van der Waals surface area contributed by atoms with E-state index in [1.807, 2.05) is 50.4 Å². The van der Waals surface area contributed by atoms with Gasteiger partial charge in [-0.2, -0.15) is 5.10 Å². The Balaban J connectivity index is 1.99. The zero-order valence-corrected chi connectivity index (χ0v) is 12.0. The van der Waals surface area contributed by atoms with E-state index in [0.717, 1.165) is 27.5 Å². The van der Waals surface area contributed by atoms with Crippen LogP contribution < -0.4 is 0 Å². The van der Waals surface area contributed by atoms with E-state index >= 15 is 0 Å². The second kappa shape index (κ2) is 5.06. The van der Waals surface area contributed by atoms with Crippen molar-refractivity contribution in [3.63, 3.8) is 0 Å². The quantitative estimate of drug-likeness (QED) is 0.722. The first kappa shape index (κ1) is 12.8. The Morgan fingerprint density at radius 3 is 2.25 bits per heavy atom. The summed E-state index contributed by atoms with van der Waals surface area (Å²) in [6.45, 7) is 3.89.